The van der Waals surface area contributed by atoms with Crippen LogP contribution in [-0.2, 0) is 6.42 Å². The van der Waals surface area contributed by atoms with Crippen LogP contribution in [0.4, 0.5) is 10.1 Å². The van der Waals surface area contributed by atoms with E-state index in [1.165, 1.54) is 12.1 Å². The van der Waals surface area contributed by atoms with E-state index in [0.717, 1.165) is 6.07 Å². The van der Waals surface area contributed by atoms with E-state index < -0.39 is 10.7 Å². The molecule has 2 N–H and O–H groups in total. The Morgan fingerprint density at radius 1 is 1.50 bits per heavy atom. The zero-order chi connectivity index (χ0) is 13.1. The van der Waals surface area contributed by atoms with Crippen LogP contribution < -0.4 is 5.73 Å². The molecule has 1 aromatic heterocycles. The minimum absolute atomic E-state index is 0.0224. The lowest BCUT2D eigenvalue weighted by molar-refractivity contribution is -0.385. The van der Waals surface area contributed by atoms with Crippen LogP contribution in [0.1, 0.15) is 5.82 Å². The lowest BCUT2D eigenvalue weighted by Gasteiger charge is -1.96. The summed E-state index contributed by atoms with van der Waals surface area (Å²) in [6.45, 7) is 0.349. The summed E-state index contributed by atoms with van der Waals surface area (Å²) in [5.74, 6) is -0.441. The first kappa shape index (κ1) is 12.1. The molecule has 18 heavy (non-hydrogen) atoms. The van der Waals surface area contributed by atoms with Crippen LogP contribution >= 0.6 is 0 Å². The summed E-state index contributed by atoms with van der Waals surface area (Å²) in [5.41, 5.74) is 5.01. The molecule has 0 spiro atoms. The molecule has 0 bridgehead atoms. The number of hydrogen-bond acceptors (Lipinski definition) is 6. The third-order valence-electron chi connectivity index (χ3n) is 2.23. The first-order chi connectivity index (χ1) is 8.61. The average molecular weight is 252 g/mol. The number of non-ortho nitro benzene ring substituents is 1. The number of nitro benzene ring substituents is 1. The van der Waals surface area contributed by atoms with Gasteiger partial charge in [0.25, 0.3) is 11.6 Å². The van der Waals surface area contributed by atoms with Gasteiger partial charge < -0.3 is 10.3 Å². The molecular weight excluding hydrogens is 243 g/mol. The van der Waals surface area contributed by atoms with Crippen molar-refractivity contribution in [3.05, 3.63) is 40.0 Å². The zero-order valence-corrected chi connectivity index (χ0v) is 9.17. The van der Waals surface area contributed by atoms with Crippen molar-refractivity contribution >= 4 is 5.69 Å². The summed E-state index contributed by atoms with van der Waals surface area (Å²) >= 11 is 0. The van der Waals surface area contributed by atoms with E-state index in [1.54, 1.807) is 0 Å². The normalized spacial score (nSPS) is 10.6. The summed E-state index contributed by atoms with van der Waals surface area (Å²) in [6.07, 6.45) is 0.415. The van der Waals surface area contributed by atoms with Crippen molar-refractivity contribution in [2.24, 2.45) is 5.73 Å². The zero-order valence-electron chi connectivity index (χ0n) is 9.17. The number of nitrogens with two attached hydrogens (primary N) is 1. The van der Waals surface area contributed by atoms with Crippen LogP contribution in [-0.4, -0.2) is 21.6 Å². The standard InChI is InChI=1S/C10H9FN4O3/c11-8-5-6(15(16)17)1-2-7(8)10-13-9(3-4-12)14-18-10/h1-2,5H,3-4,12H2. The largest absolute Gasteiger partial charge is 0.334 e. The highest BCUT2D eigenvalue weighted by atomic mass is 19.1. The monoisotopic (exact) mass is 252 g/mol. The summed E-state index contributed by atoms with van der Waals surface area (Å²) in [7, 11) is 0. The number of halogens is 1. The fourth-order valence-corrected chi connectivity index (χ4v) is 1.39. The Morgan fingerprint density at radius 3 is 2.89 bits per heavy atom. The molecule has 0 amide bonds. The Balaban J connectivity index is 2.35. The van der Waals surface area contributed by atoms with Crippen LogP contribution in [0.25, 0.3) is 11.5 Å². The minimum atomic E-state index is -0.785. The van der Waals surface area contributed by atoms with E-state index in [1.807, 2.05) is 0 Å². The van der Waals surface area contributed by atoms with E-state index in [4.69, 9.17) is 10.3 Å². The molecule has 0 atom stereocenters. The van der Waals surface area contributed by atoms with Crippen molar-refractivity contribution in [3.8, 4) is 11.5 Å². The molecule has 2 rings (SSSR count). The first-order valence-electron chi connectivity index (χ1n) is 5.09. The second-order valence-electron chi connectivity index (χ2n) is 3.48. The van der Waals surface area contributed by atoms with E-state index in [0.29, 0.717) is 18.8 Å². The van der Waals surface area contributed by atoms with E-state index >= 15 is 0 Å². The van der Waals surface area contributed by atoms with Crippen LogP contribution in [0.15, 0.2) is 22.7 Å². The van der Waals surface area contributed by atoms with Crippen LogP contribution in [0, 0.1) is 15.9 Å². The van der Waals surface area contributed by atoms with Crippen molar-refractivity contribution in [2.45, 2.75) is 6.42 Å². The Kier molecular flexibility index (Phi) is 3.28. The van der Waals surface area contributed by atoms with Crippen LogP contribution in [0.2, 0.25) is 0 Å². The molecule has 7 nitrogen and oxygen atoms in total. The van der Waals surface area contributed by atoms with Gasteiger partial charge in [0.1, 0.15) is 5.82 Å². The summed E-state index contributed by atoms with van der Waals surface area (Å²) in [6, 6.07) is 3.21. The quantitative estimate of drug-likeness (QED) is 0.648. The maximum Gasteiger partial charge on any atom is 0.272 e. The van der Waals surface area contributed by atoms with Gasteiger partial charge >= 0.3 is 0 Å². The minimum Gasteiger partial charge on any atom is -0.334 e. The third kappa shape index (κ3) is 2.33. The summed E-state index contributed by atoms with van der Waals surface area (Å²) < 4.78 is 18.5. The molecule has 0 aliphatic rings. The first-order valence-corrected chi connectivity index (χ1v) is 5.09. The SMILES string of the molecule is NCCc1noc(-c2ccc([N+](=O)[O-])cc2F)n1. The highest BCUT2D eigenvalue weighted by molar-refractivity contribution is 5.56. The fourth-order valence-electron chi connectivity index (χ4n) is 1.39. The van der Waals surface area contributed by atoms with Gasteiger partial charge in [-0.1, -0.05) is 5.16 Å². The average Bonchev–Trinajstić information content (AvgIpc) is 2.77. The highest BCUT2D eigenvalue weighted by Crippen LogP contribution is 2.24. The Bertz CT molecular complexity index is 584. The van der Waals surface area contributed by atoms with Gasteiger partial charge in [0.2, 0.25) is 0 Å². The lowest BCUT2D eigenvalue weighted by Crippen LogP contribution is -2.03. The molecule has 0 radical (unpaired) electrons. The van der Waals surface area contributed by atoms with Gasteiger partial charge in [-0.15, -0.1) is 0 Å². The predicted molar refractivity (Wildman–Crippen MR) is 59.1 cm³/mol. The molecule has 0 aliphatic carbocycles. The van der Waals surface area contributed by atoms with Gasteiger partial charge in [-0.3, -0.25) is 10.1 Å². The van der Waals surface area contributed by atoms with Crippen molar-refractivity contribution in [3.63, 3.8) is 0 Å². The second-order valence-corrected chi connectivity index (χ2v) is 3.48. The van der Waals surface area contributed by atoms with Crippen LogP contribution in [0.3, 0.4) is 0 Å². The maximum absolute atomic E-state index is 13.6. The molecule has 0 aliphatic heterocycles. The summed E-state index contributed by atoms with van der Waals surface area (Å²) in [4.78, 5) is 13.7. The van der Waals surface area contributed by atoms with Crippen molar-refractivity contribution in [1.82, 2.24) is 10.1 Å². The van der Waals surface area contributed by atoms with Gasteiger partial charge in [0, 0.05) is 12.5 Å². The van der Waals surface area contributed by atoms with Crippen molar-refractivity contribution < 1.29 is 13.8 Å². The predicted octanol–water partition coefficient (Wildman–Crippen LogP) is 1.29. The maximum atomic E-state index is 13.6. The molecule has 8 heteroatoms. The Hall–Kier alpha value is -2.35. The molecule has 1 aromatic carbocycles. The number of nitrogens with zero attached hydrogens (tertiary/aromatic N) is 3. The Morgan fingerprint density at radius 2 is 2.28 bits per heavy atom. The number of aromatic nitrogens is 2. The number of rotatable bonds is 4. The molecule has 0 unspecified atom stereocenters. The topological polar surface area (TPSA) is 108 Å². The Labute approximate surface area is 101 Å². The molecule has 0 saturated carbocycles. The smallest absolute Gasteiger partial charge is 0.272 e. The molecule has 0 fully saturated rings. The molecular formula is C10H9FN4O3. The molecule has 0 saturated heterocycles. The highest BCUT2D eigenvalue weighted by Gasteiger charge is 2.16. The molecule has 94 valence electrons. The lowest BCUT2D eigenvalue weighted by atomic mass is 10.2. The molecule has 2 aromatic rings. The summed E-state index contributed by atoms with van der Waals surface area (Å²) in [5, 5.41) is 14.1. The molecule has 1 heterocycles. The number of benzene rings is 1. The fraction of sp³-hybridized carbons (Fsp3) is 0.200. The van der Waals surface area contributed by atoms with Gasteiger partial charge in [0.05, 0.1) is 16.6 Å². The van der Waals surface area contributed by atoms with Gasteiger partial charge in [-0.25, -0.2) is 4.39 Å². The van der Waals surface area contributed by atoms with Crippen molar-refractivity contribution in [2.75, 3.05) is 6.54 Å². The van der Waals surface area contributed by atoms with Gasteiger partial charge in [-0.05, 0) is 12.6 Å². The van der Waals surface area contributed by atoms with Crippen LogP contribution in [0.5, 0.6) is 0 Å². The third-order valence-corrected chi connectivity index (χ3v) is 2.23. The van der Waals surface area contributed by atoms with Gasteiger partial charge in [-0.2, -0.15) is 4.98 Å². The van der Waals surface area contributed by atoms with Crippen molar-refractivity contribution in [1.29, 1.82) is 0 Å². The second kappa shape index (κ2) is 4.88. The van der Waals surface area contributed by atoms with E-state index in [-0.39, 0.29) is 17.1 Å². The number of nitro groups is 1. The van der Waals surface area contributed by atoms with E-state index in [9.17, 15) is 14.5 Å². The van der Waals surface area contributed by atoms with Gasteiger partial charge in [0.15, 0.2) is 5.82 Å². The number of hydrogen-bond donors (Lipinski definition) is 1. The van der Waals surface area contributed by atoms with E-state index in [2.05, 4.69) is 10.1 Å².